The summed E-state index contributed by atoms with van der Waals surface area (Å²) in [6.45, 7) is 4.16. The molecule has 0 heterocycles. The van der Waals surface area contributed by atoms with E-state index in [1.165, 1.54) is 0 Å². The highest BCUT2D eigenvalue weighted by Gasteiger charge is 2.68. The van der Waals surface area contributed by atoms with Crippen molar-refractivity contribution in [3.63, 3.8) is 0 Å². The first kappa shape index (κ1) is 18.4. The normalized spacial score (nSPS) is 53.5. The van der Waals surface area contributed by atoms with E-state index in [1.54, 1.807) is 0 Å². The summed E-state index contributed by atoms with van der Waals surface area (Å²) in [4.78, 5) is 24.2. The minimum Gasteiger partial charge on any atom is -0.481 e. The van der Waals surface area contributed by atoms with Gasteiger partial charge in [-0.1, -0.05) is 13.8 Å². The van der Waals surface area contributed by atoms with Crippen LogP contribution in [0.4, 0.5) is 4.39 Å². The molecule has 0 aliphatic heterocycles. The zero-order valence-corrected chi connectivity index (χ0v) is 15.8. The molecule has 0 spiro atoms. The Balaban J connectivity index is 1.66. The summed E-state index contributed by atoms with van der Waals surface area (Å²) < 4.78 is 15.9. The van der Waals surface area contributed by atoms with Crippen molar-refractivity contribution in [2.24, 2.45) is 34.5 Å². The second kappa shape index (κ2) is 5.76. The van der Waals surface area contributed by atoms with Gasteiger partial charge in [0.1, 0.15) is 0 Å². The van der Waals surface area contributed by atoms with Gasteiger partial charge in [-0.2, -0.15) is 0 Å². The predicted octanol–water partition coefficient (Wildman–Crippen LogP) is 3.75. The molecule has 4 aliphatic rings. The van der Waals surface area contributed by atoms with E-state index in [-0.39, 0.29) is 48.2 Å². The van der Waals surface area contributed by atoms with E-state index in [0.29, 0.717) is 18.8 Å². The molecule has 146 valence electrons. The third-order valence-corrected chi connectivity index (χ3v) is 9.16. The Morgan fingerprint density at radius 3 is 2.58 bits per heavy atom. The summed E-state index contributed by atoms with van der Waals surface area (Å²) in [5, 5.41) is 19.3. The number of carbonyl (C=O) groups is 2. The highest BCUT2D eigenvalue weighted by Crippen LogP contribution is 2.68. The molecule has 4 saturated carbocycles. The van der Waals surface area contributed by atoms with Crippen LogP contribution in [0.15, 0.2) is 0 Å². The van der Waals surface area contributed by atoms with Gasteiger partial charge in [0.2, 0.25) is 0 Å². The van der Waals surface area contributed by atoms with E-state index in [1.807, 2.05) is 6.92 Å². The first-order valence-electron chi connectivity index (χ1n) is 10.2. The summed E-state index contributed by atoms with van der Waals surface area (Å²) in [6, 6.07) is 0. The minimum absolute atomic E-state index is 0.0410. The monoisotopic (exact) mass is 366 g/mol. The van der Waals surface area contributed by atoms with Crippen molar-refractivity contribution in [1.29, 1.82) is 0 Å². The number of alkyl halides is 1. The number of rotatable bonds is 2. The van der Waals surface area contributed by atoms with E-state index in [0.717, 1.165) is 25.7 Å². The number of Topliss-reactive ketones (excluding diaryl/α,β-unsaturated/α-hetero) is 1. The Kier molecular flexibility index (Phi) is 4.08. The molecule has 0 amide bonds. The molecule has 0 radical (unpaired) electrons. The molecule has 2 N–H and O–H groups in total. The van der Waals surface area contributed by atoms with Crippen LogP contribution in [-0.4, -0.2) is 33.7 Å². The lowest BCUT2D eigenvalue weighted by Crippen LogP contribution is -2.65. The van der Waals surface area contributed by atoms with Gasteiger partial charge in [0.05, 0.1) is 6.10 Å². The first-order valence-corrected chi connectivity index (χ1v) is 10.2. The average molecular weight is 366 g/mol. The molecule has 4 rings (SSSR count). The van der Waals surface area contributed by atoms with E-state index in [4.69, 9.17) is 0 Å². The van der Waals surface area contributed by atoms with Crippen molar-refractivity contribution >= 4 is 11.8 Å². The lowest BCUT2D eigenvalue weighted by atomic mass is 9.43. The summed E-state index contributed by atoms with van der Waals surface area (Å²) in [6.07, 6.45) is 4.52. The smallest absolute Gasteiger partial charge is 0.303 e. The third-order valence-electron chi connectivity index (χ3n) is 9.16. The summed E-state index contributed by atoms with van der Waals surface area (Å²) in [7, 11) is 0. The molecule has 0 unspecified atom stereocenters. The molecule has 4 fully saturated rings. The van der Waals surface area contributed by atoms with Crippen LogP contribution in [0.25, 0.3) is 0 Å². The maximum atomic E-state index is 15.9. The molecule has 4 aliphatic carbocycles. The SMILES string of the molecule is C[C@]12CC[C@H]3[C@@H](CC(=O)[C@@]4(F)C[C@@H](O)CC[C@]34C)[C@@H]1CC[C@@H]2CC(=O)O. The number of carbonyl (C=O) groups excluding carboxylic acids is 1. The molecule has 26 heavy (non-hydrogen) atoms. The largest absolute Gasteiger partial charge is 0.481 e. The van der Waals surface area contributed by atoms with E-state index in [9.17, 15) is 19.8 Å². The van der Waals surface area contributed by atoms with Crippen LogP contribution in [0.3, 0.4) is 0 Å². The fourth-order valence-electron chi connectivity index (χ4n) is 7.63. The van der Waals surface area contributed by atoms with Gasteiger partial charge in [-0.3, -0.25) is 9.59 Å². The van der Waals surface area contributed by atoms with Gasteiger partial charge in [-0.05, 0) is 67.6 Å². The van der Waals surface area contributed by atoms with Crippen molar-refractivity contribution in [2.75, 3.05) is 0 Å². The highest BCUT2D eigenvalue weighted by molar-refractivity contribution is 5.90. The van der Waals surface area contributed by atoms with Gasteiger partial charge in [0, 0.05) is 24.7 Å². The van der Waals surface area contributed by atoms with Crippen molar-refractivity contribution in [3.8, 4) is 0 Å². The van der Waals surface area contributed by atoms with E-state index in [2.05, 4.69) is 6.92 Å². The Hall–Kier alpha value is -0.970. The summed E-state index contributed by atoms with van der Waals surface area (Å²) in [5.41, 5.74) is -2.61. The molecule has 8 atom stereocenters. The van der Waals surface area contributed by atoms with Crippen molar-refractivity contribution in [3.05, 3.63) is 0 Å². The molecule has 0 aromatic carbocycles. The van der Waals surface area contributed by atoms with Gasteiger partial charge in [0.25, 0.3) is 0 Å². The lowest BCUT2D eigenvalue weighted by molar-refractivity contribution is -0.191. The number of fused-ring (bicyclic) bond motifs is 5. The van der Waals surface area contributed by atoms with Crippen LogP contribution in [0.1, 0.15) is 71.6 Å². The Bertz CT molecular complexity index is 636. The minimum atomic E-state index is -1.89. The van der Waals surface area contributed by atoms with Crippen LogP contribution in [0, 0.1) is 34.5 Å². The molecule has 5 heteroatoms. The molecule has 0 aromatic heterocycles. The Labute approximate surface area is 154 Å². The maximum absolute atomic E-state index is 15.9. The molecule has 4 nitrogen and oxygen atoms in total. The number of ketones is 1. The van der Waals surface area contributed by atoms with Crippen LogP contribution >= 0.6 is 0 Å². The number of aliphatic hydroxyl groups excluding tert-OH is 1. The number of halogens is 1. The third kappa shape index (κ3) is 2.28. The van der Waals surface area contributed by atoms with Crippen LogP contribution in [-0.2, 0) is 9.59 Å². The molecular weight excluding hydrogens is 335 g/mol. The zero-order chi connectivity index (χ0) is 18.9. The summed E-state index contributed by atoms with van der Waals surface area (Å²) in [5.74, 6) is -0.231. The average Bonchev–Trinajstić information content (AvgIpc) is 2.87. The van der Waals surface area contributed by atoms with Gasteiger partial charge >= 0.3 is 5.97 Å². The fraction of sp³-hybridized carbons (Fsp3) is 0.905. The Morgan fingerprint density at radius 2 is 1.88 bits per heavy atom. The number of hydrogen-bond acceptors (Lipinski definition) is 3. The van der Waals surface area contributed by atoms with Crippen LogP contribution in [0.2, 0.25) is 0 Å². The second-order valence-corrected chi connectivity index (χ2v) is 10.0. The first-order chi connectivity index (χ1) is 12.1. The molecular formula is C21H31FO4. The van der Waals surface area contributed by atoms with Gasteiger partial charge in [0.15, 0.2) is 11.5 Å². The van der Waals surface area contributed by atoms with E-state index < -0.39 is 23.2 Å². The number of carboxylic acid groups (broad SMARTS) is 1. The van der Waals surface area contributed by atoms with Crippen LogP contribution < -0.4 is 0 Å². The highest BCUT2D eigenvalue weighted by atomic mass is 19.1. The van der Waals surface area contributed by atoms with Crippen molar-refractivity contribution in [1.82, 2.24) is 0 Å². The van der Waals surface area contributed by atoms with Crippen molar-refractivity contribution in [2.45, 2.75) is 83.4 Å². The number of hydrogen-bond donors (Lipinski definition) is 2. The van der Waals surface area contributed by atoms with Gasteiger partial charge in [-0.15, -0.1) is 0 Å². The number of aliphatic hydroxyl groups is 1. The molecule has 0 saturated heterocycles. The standard InChI is InChI=1S/C21H31FO4/c1-19-7-6-16-14(15(19)4-3-12(19)9-18(25)26)10-17(24)21(22)11-13(23)5-8-20(16,21)2/h12-16,23H,3-11H2,1-2H3,(H,25,26)/t12-,13+,14+,15+,16+,19-,20-,21+/m1/s1. The second-order valence-electron chi connectivity index (χ2n) is 10.0. The quantitative estimate of drug-likeness (QED) is 0.780. The van der Waals surface area contributed by atoms with Gasteiger partial charge in [-0.25, -0.2) is 4.39 Å². The number of aliphatic carboxylic acids is 1. The van der Waals surface area contributed by atoms with Crippen molar-refractivity contribution < 1.29 is 24.2 Å². The molecule has 0 bridgehead atoms. The lowest BCUT2D eigenvalue weighted by Gasteiger charge is -2.61. The topological polar surface area (TPSA) is 74.6 Å². The van der Waals surface area contributed by atoms with Crippen LogP contribution in [0.5, 0.6) is 0 Å². The summed E-state index contributed by atoms with van der Waals surface area (Å²) >= 11 is 0. The zero-order valence-electron chi connectivity index (χ0n) is 15.8. The molecule has 0 aromatic rings. The predicted molar refractivity (Wildman–Crippen MR) is 94.2 cm³/mol. The number of carboxylic acids is 1. The van der Waals surface area contributed by atoms with Gasteiger partial charge < -0.3 is 10.2 Å². The fourth-order valence-corrected chi connectivity index (χ4v) is 7.63. The maximum Gasteiger partial charge on any atom is 0.303 e. The Morgan fingerprint density at radius 1 is 1.15 bits per heavy atom. The van der Waals surface area contributed by atoms with E-state index >= 15 is 4.39 Å².